The van der Waals surface area contributed by atoms with Crippen molar-refractivity contribution < 1.29 is 18.0 Å². The molecule has 0 bridgehead atoms. The number of aryl methyl sites for hydroxylation is 1. The number of carbonyl (C=O) groups is 1. The van der Waals surface area contributed by atoms with E-state index in [1.54, 1.807) is 38.0 Å². The first-order valence-corrected chi connectivity index (χ1v) is 6.43. The Bertz CT molecular complexity index is 699. The molecule has 0 fully saturated rings. The van der Waals surface area contributed by atoms with Gasteiger partial charge in [-0.1, -0.05) is 0 Å². The molecule has 2 heterocycles. The third-order valence-corrected chi connectivity index (χ3v) is 3.33. The van der Waals surface area contributed by atoms with Crippen LogP contribution in [0.4, 0.5) is 13.2 Å². The average molecular weight is 315 g/mol. The first-order valence-electron chi connectivity index (χ1n) is 6.43. The van der Waals surface area contributed by atoms with E-state index in [1.165, 1.54) is 0 Å². The molecule has 2 aromatic heterocycles. The zero-order chi connectivity index (χ0) is 16.7. The maximum Gasteiger partial charge on any atom is 0.433 e. The van der Waals surface area contributed by atoms with Gasteiger partial charge in [-0.25, -0.2) is 4.98 Å². The van der Waals surface area contributed by atoms with E-state index in [9.17, 15) is 18.0 Å². The lowest BCUT2D eigenvalue weighted by Gasteiger charge is -2.24. The summed E-state index contributed by atoms with van der Waals surface area (Å²) in [5, 5.41) is 6.68. The highest BCUT2D eigenvalue weighted by molar-refractivity contribution is 5.91. The minimum atomic E-state index is -4.56. The van der Waals surface area contributed by atoms with Gasteiger partial charge in [0.25, 0.3) is 5.91 Å². The summed E-state index contributed by atoms with van der Waals surface area (Å²) in [6.45, 7) is 3.46. The molecule has 22 heavy (non-hydrogen) atoms. The van der Waals surface area contributed by atoms with Crippen LogP contribution in [-0.4, -0.2) is 25.2 Å². The summed E-state index contributed by atoms with van der Waals surface area (Å²) < 4.78 is 40.5. The van der Waals surface area contributed by atoms with Gasteiger partial charge in [0.2, 0.25) is 0 Å². The molecule has 1 amide bonds. The molecule has 0 unspecified atom stereocenters. The molecule has 6 nitrogen and oxygen atoms in total. The zero-order valence-corrected chi connectivity index (χ0v) is 12.6. The van der Waals surface area contributed by atoms with Crippen LogP contribution in [0, 0.1) is 0 Å². The Labute approximate surface area is 124 Å². The number of imidazole rings is 1. The standard InChI is InChI=1S/C13H16F3N5O/c1-12(2,8-5-18-20(3)7-8)19-11(22)10-17-6-9(21(10)4)13(14,15)16/h5-7H,1-4H3,(H,19,22). The van der Waals surface area contributed by atoms with Crippen LogP contribution in [0.1, 0.15) is 35.7 Å². The van der Waals surface area contributed by atoms with E-state index >= 15 is 0 Å². The highest BCUT2D eigenvalue weighted by Crippen LogP contribution is 2.29. The number of nitrogens with zero attached hydrogens (tertiary/aromatic N) is 4. The van der Waals surface area contributed by atoms with Crippen LogP contribution in [-0.2, 0) is 25.8 Å². The molecule has 0 aliphatic rings. The van der Waals surface area contributed by atoms with Crippen LogP contribution in [0.15, 0.2) is 18.6 Å². The van der Waals surface area contributed by atoms with Gasteiger partial charge in [0.1, 0.15) is 5.69 Å². The summed E-state index contributed by atoms with van der Waals surface area (Å²) >= 11 is 0. The molecule has 0 aliphatic heterocycles. The maximum absolute atomic E-state index is 12.7. The molecule has 9 heteroatoms. The number of nitrogens with one attached hydrogen (secondary N) is 1. The van der Waals surface area contributed by atoms with E-state index in [1.807, 2.05) is 0 Å². The summed E-state index contributed by atoms with van der Waals surface area (Å²) in [4.78, 5) is 15.8. The molecule has 2 aromatic rings. The van der Waals surface area contributed by atoms with E-state index in [4.69, 9.17) is 0 Å². The van der Waals surface area contributed by atoms with Crippen molar-refractivity contribution >= 4 is 5.91 Å². The second kappa shape index (κ2) is 5.15. The number of rotatable bonds is 3. The lowest BCUT2D eigenvalue weighted by Crippen LogP contribution is -2.41. The fraction of sp³-hybridized carbons (Fsp3) is 0.462. The Morgan fingerprint density at radius 1 is 1.23 bits per heavy atom. The minimum absolute atomic E-state index is 0.302. The molecule has 0 saturated heterocycles. The highest BCUT2D eigenvalue weighted by atomic mass is 19.4. The molecular weight excluding hydrogens is 299 g/mol. The predicted octanol–water partition coefficient (Wildman–Crippen LogP) is 1.84. The van der Waals surface area contributed by atoms with Crippen LogP contribution < -0.4 is 5.32 Å². The van der Waals surface area contributed by atoms with Gasteiger partial charge in [0, 0.05) is 25.9 Å². The fourth-order valence-electron chi connectivity index (χ4n) is 2.04. The van der Waals surface area contributed by atoms with Crippen molar-refractivity contribution in [2.45, 2.75) is 25.6 Å². The van der Waals surface area contributed by atoms with Crippen molar-refractivity contribution in [3.05, 3.63) is 35.7 Å². The highest BCUT2D eigenvalue weighted by Gasteiger charge is 2.36. The third kappa shape index (κ3) is 2.97. The second-order valence-corrected chi connectivity index (χ2v) is 5.51. The smallest absolute Gasteiger partial charge is 0.340 e. The number of alkyl halides is 3. The number of amides is 1. The topological polar surface area (TPSA) is 64.7 Å². The number of halogens is 3. The van der Waals surface area contributed by atoms with E-state index in [-0.39, 0.29) is 5.82 Å². The van der Waals surface area contributed by atoms with Crippen molar-refractivity contribution in [3.63, 3.8) is 0 Å². The lowest BCUT2D eigenvalue weighted by atomic mass is 9.98. The quantitative estimate of drug-likeness (QED) is 0.940. The fourth-order valence-corrected chi connectivity index (χ4v) is 2.04. The molecule has 120 valence electrons. The lowest BCUT2D eigenvalue weighted by molar-refractivity contribution is -0.143. The first-order chi connectivity index (χ1) is 10.0. The van der Waals surface area contributed by atoms with Crippen molar-refractivity contribution in [1.82, 2.24) is 24.6 Å². The molecule has 2 rings (SSSR count). The Kier molecular flexibility index (Phi) is 3.76. The number of hydrogen-bond acceptors (Lipinski definition) is 3. The number of carbonyl (C=O) groups excluding carboxylic acids is 1. The molecule has 0 atom stereocenters. The van der Waals surface area contributed by atoms with Gasteiger partial charge in [-0.3, -0.25) is 9.48 Å². The van der Waals surface area contributed by atoms with Crippen LogP contribution in [0.5, 0.6) is 0 Å². The van der Waals surface area contributed by atoms with Crippen molar-refractivity contribution in [3.8, 4) is 0 Å². The van der Waals surface area contributed by atoms with Crippen LogP contribution in [0.25, 0.3) is 0 Å². The van der Waals surface area contributed by atoms with Crippen molar-refractivity contribution in [1.29, 1.82) is 0 Å². The van der Waals surface area contributed by atoms with E-state index in [2.05, 4.69) is 15.4 Å². The van der Waals surface area contributed by atoms with Crippen LogP contribution in [0.2, 0.25) is 0 Å². The Morgan fingerprint density at radius 3 is 2.32 bits per heavy atom. The predicted molar refractivity (Wildman–Crippen MR) is 71.9 cm³/mol. The molecule has 1 N–H and O–H groups in total. The van der Waals surface area contributed by atoms with Gasteiger partial charge in [0.15, 0.2) is 5.82 Å². The second-order valence-electron chi connectivity index (χ2n) is 5.51. The van der Waals surface area contributed by atoms with Gasteiger partial charge < -0.3 is 9.88 Å². The Hall–Kier alpha value is -2.32. The van der Waals surface area contributed by atoms with Crippen molar-refractivity contribution in [2.75, 3.05) is 0 Å². The van der Waals surface area contributed by atoms with E-state index in [0.29, 0.717) is 6.20 Å². The summed E-state index contributed by atoms with van der Waals surface area (Å²) in [7, 11) is 2.89. The van der Waals surface area contributed by atoms with Crippen molar-refractivity contribution in [2.24, 2.45) is 14.1 Å². The summed E-state index contributed by atoms with van der Waals surface area (Å²) in [6.07, 6.45) is -0.606. The first kappa shape index (κ1) is 16.1. The van der Waals surface area contributed by atoms with Gasteiger partial charge in [0.05, 0.1) is 17.9 Å². The van der Waals surface area contributed by atoms with Gasteiger partial charge >= 0.3 is 6.18 Å². The maximum atomic E-state index is 12.7. The molecule has 0 saturated carbocycles. The summed E-state index contributed by atoms with van der Waals surface area (Å²) in [5.74, 6) is -0.990. The minimum Gasteiger partial charge on any atom is -0.340 e. The SMILES string of the molecule is Cn1cc(C(C)(C)NC(=O)c2ncc(C(F)(F)F)n2C)cn1. The molecule has 0 radical (unpaired) electrons. The average Bonchev–Trinajstić information content (AvgIpc) is 2.94. The molecule has 0 aliphatic carbocycles. The molecular formula is C13H16F3N5O. The van der Waals surface area contributed by atoms with Crippen LogP contribution in [0.3, 0.4) is 0 Å². The van der Waals surface area contributed by atoms with Crippen LogP contribution >= 0.6 is 0 Å². The van der Waals surface area contributed by atoms with Gasteiger partial charge in [-0.2, -0.15) is 18.3 Å². The Balaban J connectivity index is 2.25. The largest absolute Gasteiger partial charge is 0.433 e. The Morgan fingerprint density at radius 2 is 1.86 bits per heavy atom. The normalized spacial score (nSPS) is 12.5. The molecule has 0 spiro atoms. The van der Waals surface area contributed by atoms with E-state index in [0.717, 1.165) is 17.2 Å². The van der Waals surface area contributed by atoms with Gasteiger partial charge in [-0.05, 0) is 13.8 Å². The van der Waals surface area contributed by atoms with Gasteiger partial charge in [-0.15, -0.1) is 0 Å². The number of aromatic nitrogens is 4. The zero-order valence-electron chi connectivity index (χ0n) is 12.6. The summed E-state index contributed by atoms with van der Waals surface area (Å²) in [5.41, 5.74) is -1.04. The monoisotopic (exact) mass is 315 g/mol. The third-order valence-electron chi connectivity index (χ3n) is 3.33. The summed E-state index contributed by atoms with van der Waals surface area (Å²) in [6, 6.07) is 0. The molecule has 0 aromatic carbocycles. The number of hydrogen-bond donors (Lipinski definition) is 1. The van der Waals surface area contributed by atoms with E-state index < -0.39 is 23.3 Å².